The van der Waals surface area contributed by atoms with Gasteiger partial charge in [-0.2, -0.15) is 15.0 Å². The third-order valence-corrected chi connectivity index (χ3v) is 2.48. The SMILES string of the molecule is Cc1ccc(Cl)cc1Oc1nc(Cl)nc(Cl)n1. The van der Waals surface area contributed by atoms with E-state index in [0.717, 1.165) is 5.56 Å². The second-order valence-electron chi connectivity index (χ2n) is 3.17. The molecule has 17 heavy (non-hydrogen) atoms. The van der Waals surface area contributed by atoms with Crippen LogP contribution in [0.4, 0.5) is 0 Å². The highest BCUT2D eigenvalue weighted by Gasteiger charge is 2.08. The minimum absolute atomic E-state index is 0.0281. The molecule has 1 heterocycles. The highest BCUT2D eigenvalue weighted by atomic mass is 35.5. The fraction of sp³-hybridized carbons (Fsp3) is 0.100. The van der Waals surface area contributed by atoms with Gasteiger partial charge in [0.2, 0.25) is 10.6 Å². The first-order valence-electron chi connectivity index (χ1n) is 4.55. The molecule has 0 amide bonds. The molecular formula is C10H6Cl3N3O. The molecule has 2 rings (SSSR count). The van der Waals surface area contributed by atoms with Crippen molar-refractivity contribution < 1.29 is 4.74 Å². The molecule has 4 nitrogen and oxygen atoms in total. The minimum Gasteiger partial charge on any atom is -0.424 e. The van der Waals surface area contributed by atoms with Crippen molar-refractivity contribution in [3.8, 4) is 11.8 Å². The van der Waals surface area contributed by atoms with Gasteiger partial charge in [0.05, 0.1) is 0 Å². The largest absolute Gasteiger partial charge is 0.424 e. The van der Waals surface area contributed by atoms with E-state index >= 15 is 0 Å². The molecule has 0 atom stereocenters. The normalized spacial score (nSPS) is 10.4. The molecule has 0 bridgehead atoms. The Morgan fingerprint density at radius 1 is 1.00 bits per heavy atom. The van der Waals surface area contributed by atoms with E-state index in [1.807, 2.05) is 13.0 Å². The van der Waals surface area contributed by atoms with Gasteiger partial charge in [0.1, 0.15) is 5.75 Å². The van der Waals surface area contributed by atoms with Crippen molar-refractivity contribution in [2.45, 2.75) is 6.92 Å². The van der Waals surface area contributed by atoms with E-state index in [4.69, 9.17) is 39.5 Å². The summed E-state index contributed by atoms with van der Waals surface area (Å²) in [5.74, 6) is 0.538. The molecule has 88 valence electrons. The van der Waals surface area contributed by atoms with Gasteiger partial charge in [0.15, 0.2) is 0 Å². The van der Waals surface area contributed by atoms with Gasteiger partial charge in [-0.15, -0.1) is 0 Å². The molecule has 0 fully saturated rings. The zero-order valence-corrected chi connectivity index (χ0v) is 10.9. The lowest BCUT2D eigenvalue weighted by molar-refractivity contribution is 0.436. The van der Waals surface area contributed by atoms with Crippen LogP contribution in [0.15, 0.2) is 18.2 Å². The Balaban J connectivity index is 2.34. The average molecular weight is 291 g/mol. The summed E-state index contributed by atoms with van der Waals surface area (Å²) in [5, 5.41) is 0.496. The van der Waals surface area contributed by atoms with Crippen molar-refractivity contribution in [1.29, 1.82) is 0 Å². The summed E-state index contributed by atoms with van der Waals surface area (Å²) < 4.78 is 5.44. The van der Waals surface area contributed by atoms with E-state index in [1.165, 1.54) is 0 Å². The van der Waals surface area contributed by atoms with Crippen LogP contribution in [0.3, 0.4) is 0 Å². The van der Waals surface area contributed by atoms with Gasteiger partial charge in [0, 0.05) is 5.02 Å². The van der Waals surface area contributed by atoms with Crippen molar-refractivity contribution in [2.75, 3.05) is 0 Å². The van der Waals surface area contributed by atoms with Crippen LogP contribution < -0.4 is 4.74 Å². The number of nitrogens with zero attached hydrogens (tertiary/aromatic N) is 3. The molecule has 0 aliphatic carbocycles. The zero-order chi connectivity index (χ0) is 12.4. The predicted octanol–water partition coefficient (Wildman–Crippen LogP) is 3.93. The maximum Gasteiger partial charge on any atom is 0.327 e. The molecule has 1 aromatic heterocycles. The number of aryl methyl sites for hydroxylation is 1. The second-order valence-corrected chi connectivity index (χ2v) is 4.28. The lowest BCUT2D eigenvalue weighted by atomic mass is 10.2. The quantitative estimate of drug-likeness (QED) is 0.840. The maximum absolute atomic E-state index is 5.86. The van der Waals surface area contributed by atoms with Gasteiger partial charge in [0.25, 0.3) is 0 Å². The molecule has 0 radical (unpaired) electrons. The Morgan fingerprint density at radius 2 is 1.65 bits per heavy atom. The van der Waals surface area contributed by atoms with Gasteiger partial charge < -0.3 is 4.74 Å². The fourth-order valence-electron chi connectivity index (χ4n) is 1.14. The molecule has 0 spiro atoms. The molecular weight excluding hydrogens is 284 g/mol. The number of hydrogen-bond acceptors (Lipinski definition) is 4. The average Bonchev–Trinajstić information content (AvgIpc) is 2.22. The molecule has 0 aliphatic heterocycles. The number of hydrogen-bond donors (Lipinski definition) is 0. The van der Waals surface area contributed by atoms with Gasteiger partial charge in [-0.3, -0.25) is 0 Å². The lowest BCUT2D eigenvalue weighted by Gasteiger charge is -2.07. The van der Waals surface area contributed by atoms with Crippen LogP contribution in [0.2, 0.25) is 15.6 Å². The summed E-state index contributed by atoms with van der Waals surface area (Å²) in [6.45, 7) is 1.87. The molecule has 1 aromatic carbocycles. The van der Waals surface area contributed by atoms with Crippen molar-refractivity contribution in [2.24, 2.45) is 0 Å². The minimum atomic E-state index is -0.0281. The van der Waals surface area contributed by atoms with Crippen LogP contribution in [-0.4, -0.2) is 15.0 Å². The Morgan fingerprint density at radius 3 is 2.29 bits per heavy atom. The van der Waals surface area contributed by atoms with Gasteiger partial charge in [-0.25, -0.2) is 0 Å². The number of rotatable bonds is 2. The van der Waals surface area contributed by atoms with Gasteiger partial charge in [-0.1, -0.05) is 17.7 Å². The molecule has 2 aromatic rings. The Bertz CT molecular complexity index is 542. The van der Waals surface area contributed by atoms with E-state index in [-0.39, 0.29) is 16.6 Å². The van der Waals surface area contributed by atoms with Gasteiger partial charge in [-0.05, 0) is 47.8 Å². The van der Waals surface area contributed by atoms with Crippen molar-refractivity contribution in [3.63, 3.8) is 0 Å². The molecule has 0 unspecified atom stereocenters. The summed E-state index contributed by atoms with van der Waals surface area (Å²) in [6.07, 6.45) is 0. The third kappa shape index (κ3) is 3.19. The van der Waals surface area contributed by atoms with E-state index < -0.39 is 0 Å². The van der Waals surface area contributed by atoms with E-state index in [2.05, 4.69) is 15.0 Å². The first-order chi connectivity index (χ1) is 8.04. The van der Waals surface area contributed by atoms with Crippen molar-refractivity contribution in [1.82, 2.24) is 15.0 Å². The van der Waals surface area contributed by atoms with E-state index in [1.54, 1.807) is 12.1 Å². The van der Waals surface area contributed by atoms with Crippen LogP contribution >= 0.6 is 34.8 Å². The van der Waals surface area contributed by atoms with Crippen LogP contribution in [0.25, 0.3) is 0 Å². The number of aromatic nitrogens is 3. The fourth-order valence-corrected chi connectivity index (χ4v) is 1.65. The number of benzene rings is 1. The number of halogens is 3. The predicted molar refractivity (Wildman–Crippen MR) is 66.1 cm³/mol. The standard InChI is InChI=1S/C10H6Cl3N3O/c1-5-2-3-6(11)4-7(5)17-10-15-8(12)14-9(13)16-10/h2-4H,1H3. The van der Waals surface area contributed by atoms with E-state index in [0.29, 0.717) is 10.8 Å². The molecule has 0 aliphatic rings. The topological polar surface area (TPSA) is 47.9 Å². The number of ether oxygens (including phenoxy) is 1. The first kappa shape index (κ1) is 12.4. The van der Waals surface area contributed by atoms with Crippen LogP contribution in [0, 0.1) is 6.92 Å². The van der Waals surface area contributed by atoms with Crippen LogP contribution in [0.1, 0.15) is 5.56 Å². The Labute approximate surface area is 113 Å². The van der Waals surface area contributed by atoms with Crippen molar-refractivity contribution in [3.05, 3.63) is 39.4 Å². The highest BCUT2D eigenvalue weighted by Crippen LogP contribution is 2.26. The first-order valence-corrected chi connectivity index (χ1v) is 5.69. The summed E-state index contributed by atoms with van der Waals surface area (Å²) in [5.41, 5.74) is 0.891. The molecule has 0 saturated heterocycles. The summed E-state index contributed by atoms with van der Waals surface area (Å²) in [6, 6.07) is 5.27. The maximum atomic E-state index is 5.86. The van der Waals surface area contributed by atoms with E-state index in [9.17, 15) is 0 Å². The molecule has 0 N–H and O–H groups in total. The lowest BCUT2D eigenvalue weighted by Crippen LogP contribution is -1.96. The smallest absolute Gasteiger partial charge is 0.327 e. The third-order valence-electron chi connectivity index (χ3n) is 1.91. The summed E-state index contributed by atoms with van der Waals surface area (Å²) in [4.78, 5) is 11.2. The summed E-state index contributed by atoms with van der Waals surface area (Å²) in [7, 11) is 0. The van der Waals surface area contributed by atoms with Gasteiger partial charge >= 0.3 is 6.01 Å². The van der Waals surface area contributed by atoms with Crippen LogP contribution in [0.5, 0.6) is 11.8 Å². The molecule has 0 saturated carbocycles. The highest BCUT2D eigenvalue weighted by molar-refractivity contribution is 6.31. The Kier molecular flexibility index (Phi) is 3.66. The second kappa shape index (κ2) is 5.04. The van der Waals surface area contributed by atoms with Crippen molar-refractivity contribution >= 4 is 34.8 Å². The zero-order valence-electron chi connectivity index (χ0n) is 8.62. The Hall–Kier alpha value is -1.10. The molecule has 7 heteroatoms. The summed E-state index contributed by atoms with van der Waals surface area (Å²) >= 11 is 17.1. The monoisotopic (exact) mass is 289 g/mol. The van der Waals surface area contributed by atoms with Crippen LogP contribution in [-0.2, 0) is 0 Å².